The van der Waals surface area contributed by atoms with Crippen molar-refractivity contribution in [1.29, 1.82) is 0 Å². The van der Waals surface area contributed by atoms with Crippen LogP contribution < -0.4 is 5.32 Å². The van der Waals surface area contributed by atoms with E-state index in [1.807, 2.05) is 37.5 Å². The van der Waals surface area contributed by atoms with Crippen LogP contribution in [-0.4, -0.2) is 33.0 Å². The third-order valence-electron chi connectivity index (χ3n) is 3.37. The molecule has 3 rings (SSSR count). The van der Waals surface area contributed by atoms with Crippen molar-refractivity contribution in [3.8, 4) is 17.1 Å². The van der Waals surface area contributed by atoms with Crippen molar-refractivity contribution in [3.63, 3.8) is 0 Å². The van der Waals surface area contributed by atoms with Crippen LogP contribution in [0.2, 0.25) is 0 Å². The number of likely N-dealkylation sites (N-methyl/N-ethyl adjacent to an activating group) is 1. The van der Waals surface area contributed by atoms with Gasteiger partial charge in [-0.05, 0) is 38.2 Å². The van der Waals surface area contributed by atoms with Crippen molar-refractivity contribution in [3.05, 3.63) is 47.0 Å². The van der Waals surface area contributed by atoms with Gasteiger partial charge in [0.1, 0.15) is 0 Å². The van der Waals surface area contributed by atoms with E-state index in [1.165, 1.54) is 0 Å². The summed E-state index contributed by atoms with van der Waals surface area (Å²) in [4.78, 5) is 4.41. The lowest BCUT2D eigenvalue weighted by Gasteiger charge is -2.04. The monoisotopic (exact) mass is 361 g/mol. The van der Waals surface area contributed by atoms with Crippen LogP contribution in [0.1, 0.15) is 12.7 Å². The lowest BCUT2D eigenvalue weighted by atomic mass is 10.2. The van der Waals surface area contributed by atoms with Crippen molar-refractivity contribution in [2.45, 2.75) is 19.4 Å². The van der Waals surface area contributed by atoms with Gasteiger partial charge in [0, 0.05) is 23.1 Å². The molecule has 0 bridgehead atoms. The Morgan fingerprint density at radius 2 is 2.09 bits per heavy atom. The molecule has 1 unspecified atom stereocenters. The van der Waals surface area contributed by atoms with Crippen molar-refractivity contribution < 1.29 is 4.52 Å². The fourth-order valence-corrected chi connectivity index (χ4v) is 2.26. The number of halogens is 1. The zero-order valence-corrected chi connectivity index (χ0v) is 13.9. The molecule has 114 valence electrons. The molecular weight excluding hydrogens is 346 g/mol. The zero-order chi connectivity index (χ0) is 15.5. The van der Waals surface area contributed by atoms with Crippen molar-refractivity contribution >= 4 is 15.9 Å². The van der Waals surface area contributed by atoms with Crippen LogP contribution in [0.25, 0.3) is 17.1 Å². The predicted molar refractivity (Wildman–Crippen MR) is 86.8 cm³/mol. The molecule has 0 aliphatic rings. The Bertz CT molecular complexity index is 749. The molecule has 1 aromatic carbocycles. The molecule has 0 aliphatic heterocycles. The highest BCUT2D eigenvalue weighted by atomic mass is 79.9. The van der Waals surface area contributed by atoms with E-state index in [1.54, 1.807) is 10.9 Å². The van der Waals surface area contributed by atoms with Crippen LogP contribution in [0.3, 0.4) is 0 Å². The zero-order valence-electron chi connectivity index (χ0n) is 12.3. The van der Waals surface area contributed by atoms with Gasteiger partial charge in [-0.3, -0.25) is 0 Å². The SMILES string of the molecule is CNC(C)Cc1noc(-c2cnn(-c3ccc(Br)cc3)c2)n1. The minimum absolute atomic E-state index is 0.302. The van der Waals surface area contributed by atoms with Gasteiger partial charge < -0.3 is 9.84 Å². The van der Waals surface area contributed by atoms with E-state index in [0.717, 1.165) is 22.1 Å². The van der Waals surface area contributed by atoms with E-state index >= 15 is 0 Å². The van der Waals surface area contributed by atoms with Crippen molar-refractivity contribution in [1.82, 2.24) is 25.2 Å². The highest BCUT2D eigenvalue weighted by Gasteiger charge is 2.13. The van der Waals surface area contributed by atoms with E-state index in [-0.39, 0.29) is 0 Å². The van der Waals surface area contributed by atoms with Crippen LogP contribution in [0.5, 0.6) is 0 Å². The van der Waals surface area contributed by atoms with Gasteiger partial charge in [-0.1, -0.05) is 21.1 Å². The Kier molecular flexibility index (Phi) is 4.35. The highest BCUT2D eigenvalue weighted by molar-refractivity contribution is 9.10. The van der Waals surface area contributed by atoms with Crippen LogP contribution in [0, 0.1) is 0 Å². The minimum Gasteiger partial charge on any atom is -0.334 e. The molecule has 0 amide bonds. The van der Waals surface area contributed by atoms with Crippen LogP contribution in [0.15, 0.2) is 45.7 Å². The molecule has 2 heterocycles. The maximum absolute atomic E-state index is 5.31. The molecule has 0 radical (unpaired) electrons. The number of nitrogens with zero attached hydrogens (tertiary/aromatic N) is 4. The van der Waals surface area contributed by atoms with Gasteiger partial charge in [0.05, 0.1) is 17.4 Å². The maximum Gasteiger partial charge on any atom is 0.261 e. The molecule has 0 saturated carbocycles. The number of benzene rings is 1. The van der Waals surface area contributed by atoms with Gasteiger partial charge in [0.15, 0.2) is 5.82 Å². The summed E-state index contributed by atoms with van der Waals surface area (Å²) < 4.78 is 8.13. The average molecular weight is 362 g/mol. The minimum atomic E-state index is 0.302. The third-order valence-corrected chi connectivity index (χ3v) is 3.90. The predicted octanol–water partition coefficient (Wildman–Crippen LogP) is 2.84. The molecule has 1 atom stereocenters. The molecule has 6 nitrogen and oxygen atoms in total. The molecule has 22 heavy (non-hydrogen) atoms. The molecule has 0 spiro atoms. The van der Waals surface area contributed by atoms with Crippen molar-refractivity contribution in [2.75, 3.05) is 7.05 Å². The van der Waals surface area contributed by atoms with Crippen LogP contribution >= 0.6 is 15.9 Å². The Hall–Kier alpha value is -1.99. The second-order valence-corrected chi connectivity index (χ2v) is 5.98. The second kappa shape index (κ2) is 6.41. The molecule has 0 saturated heterocycles. The number of hydrogen-bond donors (Lipinski definition) is 1. The third kappa shape index (κ3) is 3.26. The van der Waals surface area contributed by atoms with E-state index < -0.39 is 0 Å². The summed E-state index contributed by atoms with van der Waals surface area (Å²) in [6.45, 7) is 2.07. The number of rotatable bonds is 5. The van der Waals surface area contributed by atoms with Gasteiger partial charge in [-0.2, -0.15) is 10.1 Å². The number of aromatic nitrogens is 4. The standard InChI is InChI=1S/C15H16BrN5O/c1-10(17-2)7-14-19-15(22-20-14)11-8-18-21(9-11)13-5-3-12(16)4-6-13/h3-6,8-10,17H,7H2,1-2H3. The smallest absolute Gasteiger partial charge is 0.261 e. The topological polar surface area (TPSA) is 68.8 Å². The molecular formula is C15H16BrN5O. The van der Waals surface area contributed by atoms with Crippen LogP contribution in [-0.2, 0) is 6.42 Å². The molecule has 0 aliphatic carbocycles. The lowest BCUT2D eigenvalue weighted by molar-refractivity contribution is 0.418. The molecule has 0 fully saturated rings. The maximum atomic E-state index is 5.31. The van der Waals surface area contributed by atoms with Gasteiger partial charge in [0.25, 0.3) is 5.89 Å². The first-order valence-electron chi connectivity index (χ1n) is 6.96. The quantitative estimate of drug-likeness (QED) is 0.756. The van der Waals surface area contributed by atoms with E-state index in [2.05, 4.69) is 43.4 Å². The van der Waals surface area contributed by atoms with E-state index in [9.17, 15) is 0 Å². The van der Waals surface area contributed by atoms with Gasteiger partial charge >= 0.3 is 0 Å². The Balaban J connectivity index is 1.80. The summed E-state index contributed by atoms with van der Waals surface area (Å²) in [5, 5.41) is 11.5. The highest BCUT2D eigenvalue weighted by Crippen LogP contribution is 2.19. The van der Waals surface area contributed by atoms with E-state index in [4.69, 9.17) is 4.52 Å². The Labute approximate surface area is 136 Å². The van der Waals surface area contributed by atoms with Gasteiger partial charge in [-0.25, -0.2) is 4.68 Å². The fourth-order valence-electron chi connectivity index (χ4n) is 2.00. The lowest BCUT2D eigenvalue weighted by Crippen LogP contribution is -2.24. The fraction of sp³-hybridized carbons (Fsp3) is 0.267. The second-order valence-electron chi connectivity index (χ2n) is 5.06. The Morgan fingerprint density at radius 3 is 2.82 bits per heavy atom. The molecule has 2 aromatic heterocycles. The van der Waals surface area contributed by atoms with Gasteiger partial charge in [-0.15, -0.1) is 0 Å². The average Bonchev–Trinajstić information content (AvgIpc) is 3.17. The van der Waals surface area contributed by atoms with Crippen molar-refractivity contribution in [2.24, 2.45) is 0 Å². The summed E-state index contributed by atoms with van der Waals surface area (Å²) in [6, 6.07) is 8.21. The number of nitrogens with one attached hydrogen (secondary N) is 1. The summed E-state index contributed by atoms with van der Waals surface area (Å²) in [6.07, 6.45) is 4.32. The first kappa shape index (κ1) is 14.9. The Morgan fingerprint density at radius 1 is 1.32 bits per heavy atom. The largest absolute Gasteiger partial charge is 0.334 e. The molecule has 7 heteroatoms. The summed E-state index contributed by atoms with van der Waals surface area (Å²) in [5.74, 6) is 1.18. The summed E-state index contributed by atoms with van der Waals surface area (Å²) in [5.41, 5.74) is 1.77. The van der Waals surface area contributed by atoms with E-state index in [0.29, 0.717) is 17.8 Å². The summed E-state index contributed by atoms with van der Waals surface area (Å²) in [7, 11) is 1.91. The first-order chi connectivity index (χ1) is 10.7. The molecule has 3 aromatic rings. The summed E-state index contributed by atoms with van der Waals surface area (Å²) >= 11 is 3.42. The first-order valence-corrected chi connectivity index (χ1v) is 7.76. The van der Waals surface area contributed by atoms with Crippen LogP contribution in [0.4, 0.5) is 0 Å². The molecule has 1 N–H and O–H groups in total. The number of hydrogen-bond acceptors (Lipinski definition) is 5. The van der Waals surface area contributed by atoms with Gasteiger partial charge in [0.2, 0.25) is 0 Å². The normalized spacial score (nSPS) is 12.5.